The minimum absolute atomic E-state index is 0.0506. The number of ether oxygens (including phenoxy) is 1. The molecular weight excluding hydrogens is 440 g/mol. The maximum atomic E-state index is 12.8. The van der Waals surface area contributed by atoms with Gasteiger partial charge in [-0.3, -0.25) is 19.6 Å². The number of amides is 1. The molecule has 0 radical (unpaired) electrons. The van der Waals surface area contributed by atoms with Crippen molar-refractivity contribution >= 4 is 17.5 Å². The number of likely N-dealkylation sites (tertiary alicyclic amines) is 1. The Labute approximate surface area is 206 Å². The van der Waals surface area contributed by atoms with Gasteiger partial charge in [0, 0.05) is 23.9 Å². The first-order valence-corrected chi connectivity index (χ1v) is 12.5. The Hall–Kier alpha value is -3.52. The second-order valence-corrected chi connectivity index (χ2v) is 9.29. The normalized spacial score (nSPS) is 15.6. The van der Waals surface area contributed by atoms with Crippen molar-refractivity contribution in [3.05, 3.63) is 59.3 Å². The average Bonchev–Trinajstić information content (AvgIpc) is 3.48. The Morgan fingerprint density at radius 3 is 2.69 bits per heavy atom. The standard InChI is InChI=1S/C27H32N6O2/c1-2-3-13-35-27-30-25(28)22-15-24(34)33(26(22)31-27)18-20-9-10-23(29-16-20)21-8-6-7-19(14-21)17-32-11-4-5-12-32/h6-10,14,16H,2-5,11-13,15,17-18H2,1H3,(H2,28,30,31). The van der Waals surface area contributed by atoms with E-state index in [-0.39, 0.29) is 18.3 Å². The molecule has 35 heavy (non-hydrogen) atoms. The number of pyridine rings is 1. The second kappa shape index (κ2) is 10.4. The number of carbonyl (C=O) groups is 1. The summed E-state index contributed by atoms with van der Waals surface area (Å²) in [6, 6.07) is 12.8. The second-order valence-electron chi connectivity index (χ2n) is 9.29. The largest absolute Gasteiger partial charge is 0.463 e. The lowest BCUT2D eigenvalue weighted by molar-refractivity contribution is -0.117. The van der Waals surface area contributed by atoms with Crippen molar-refractivity contribution in [2.45, 2.75) is 52.1 Å². The first kappa shape index (κ1) is 23.2. The Balaban J connectivity index is 1.30. The Morgan fingerprint density at radius 2 is 1.91 bits per heavy atom. The summed E-state index contributed by atoms with van der Waals surface area (Å²) in [4.78, 5) is 30.3. The van der Waals surface area contributed by atoms with E-state index in [2.05, 4.69) is 46.1 Å². The average molecular weight is 473 g/mol. The van der Waals surface area contributed by atoms with Gasteiger partial charge in [0.1, 0.15) is 11.6 Å². The molecule has 2 aromatic heterocycles. The number of aromatic nitrogens is 3. The molecule has 1 aromatic carbocycles. The number of nitrogens with zero attached hydrogens (tertiary/aromatic N) is 5. The van der Waals surface area contributed by atoms with E-state index >= 15 is 0 Å². The summed E-state index contributed by atoms with van der Waals surface area (Å²) in [5.41, 5.74) is 11.0. The number of nitrogens with two attached hydrogens (primary N) is 1. The molecule has 3 aromatic rings. The van der Waals surface area contributed by atoms with Gasteiger partial charge < -0.3 is 10.5 Å². The monoisotopic (exact) mass is 472 g/mol. The lowest BCUT2D eigenvalue weighted by Crippen LogP contribution is -2.26. The predicted molar refractivity (Wildman–Crippen MR) is 136 cm³/mol. The van der Waals surface area contributed by atoms with Crippen molar-refractivity contribution in [3.8, 4) is 17.3 Å². The third-order valence-corrected chi connectivity index (χ3v) is 6.60. The summed E-state index contributed by atoms with van der Waals surface area (Å²) >= 11 is 0. The number of fused-ring (bicyclic) bond motifs is 1. The molecule has 8 heteroatoms. The van der Waals surface area contributed by atoms with Crippen LogP contribution < -0.4 is 15.4 Å². The van der Waals surface area contributed by atoms with Crippen LogP contribution in [0.25, 0.3) is 11.3 Å². The lowest BCUT2D eigenvalue weighted by atomic mass is 10.1. The fourth-order valence-electron chi connectivity index (χ4n) is 4.66. The van der Waals surface area contributed by atoms with Crippen LogP contribution in [0, 0.1) is 0 Å². The summed E-state index contributed by atoms with van der Waals surface area (Å²) in [5, 5.41) is 0. The van der Waals surface area contributed by atoms with Crippen molar-refractivity contribution in [1.29, 1.82) is 0 Å². The molecule has 2 aliphatic rings. The molecule has 0 spiro atoms. The van der Waals surface area contributed by atoms with Gasteiger partial charge in [0.15, 0.2) is 0 Å². The molecule has 1 saturated heterocycles. The van der Waals surface area contributed by atoms with Crippen molar-refractivity contribution in [3.63, 3.8) is 0 Å². The summed E-state index contributed by atoms with van der Waals surface area (Å²) in [7, 11) is 0. The van der Waals surface area contributed by atoms with Crippen LogP contribution in [0.5, 0.6) is 6.01 Å². The molecule has 1 amide bonds. The van der Waals surface area contributed by atoms with Gasteiger partial charge >= 0.3 is 6.01 Å². The van der Waals surface area contributed by atoms with E-state index in [0.29, 0.717) is 30.4 Å². The molecular formula is C27H32N6O2. The molecule has 0 saturated carbocycles. The number of anilines is 2. The first-order valence-electron chi connectivity index (χ1n) is 12.5. The number of carbonyl (C=O) groups excluding carboxylic acids is 1. The van der Waals surface area contributed by atoms with Gasteiger partial charge in [-0.15, -0.1) is 0 Å². The highest BCUT2D eigenvalue weighted by Crippen LogP contribution is 2.33. The summed E-state index contributed by atoms with van der Waals surface area (Å²) in [6.07, 6.45) is 6.53. The first-order chi connectivity index (χ1) is 17.1. The van der Waals surface area contributed by atoms with Gasteiger partial charge in [-0.1, -0.05) is 37.6 Å². The molecule has 2 N–H and O–H groups in total. The van der Waals surface area contributed by atoms with Crippen LogP contribution in [0.3, 0.4) is 0 Å². The highest BCUT2D eigenvalue weighted by molar-refractivity contribution is 6.01. The summed E-state index contributed by atoms with van der Waals surface area (Å²) in [5.74, 6) is 0.790. The fraction of sp³-hybridized carbons (Fsp3) is 0.407. The molecule has 8 nitrogen and oxygen atoms in total. The van der Waals surface area contributed by atoms with E-state index in [1.807, 2.05) is 18.3 Å². The van der Waals surface area contributed by atoms with E-state index in [4.69, 9.17) is 15.5 Å². The Bertz CT molecular complexity index is 1190. The number of unbranched alkanes of at least 4 members (excludes halogenated alkanes) is 1. The number of nitrogen functional groups attached to an aromatic ring is 1. The molecule has 0 bridgehead atoms. The molecule has 1 fully saturated rings. The van der Waals surface area contributed by atoms with Crippen LogP contribution in [0.1, 0.15) is 49.3 Å². The molecule has 0 unspecified atom stereocenters. The maximum absolute atomic E-state index is 12.8. The predicted octanol–water partition coefficient (Wildman–Crippen LogP) is 3.98. The molecule has 0 aliphatic carbocycles. The van der Waals surface area contributed by atoms with E-state index in [1.54, 1.807) is 4.90 Å². The number of hydrogen-bond donors (Lipinski definition) is 1. The summed E-state index contributed by atoms with van der Waals surface area (Å²) < 4.78 is 5.65. The van der Waals surface area contributed by atoms with E-state index < -0.39 is 0 Å². The molecule has 0 atom stereocenters. The highest BCUT2D eigenvalue weighted by Gasteiger charge is 2.32. The maximum Gasteiger partial charge on any atom is 0.320 e. The quantitative estimate of drug-likeness (QED) is 0.470. The van der Waals surface area contributed by atoms with Crippen LogP contribution in [0.4, 0.5) is 11.6 Å². The summed E-state index contributed by atoms with van der Waals surface area (Å²) in [6.45, 7) is 6.33. The van der Waals surface area contributed by atoms with Crippen LogP contribution in [-0.4, -0.2) is 45.5 Å². The lowest BCUT2D eigenvalue weighted by Gasteiger charge is -2.17. The van der Waals surface area contributed by atoms with Gasteiger partial charge in [-0.25, -0.2) is 0 Å². The zero-order chi connectivity index (χ0) is 24.2. The fourth-order valence-corrected chi connectivity index (χ4v) is 4.66. The van der Waals surface area contributed by atoms with Gasteiger partial charge in [0.05, 0.1) is 25.3 Å². The Morgan fingerprint density at radius 1 is 1.06 bits per heavy atom. The highest BCUT2D eigenvalue weighted by atomic mass is 16.5. The third-order valence-electron chi connectivity index (χ3n) is 6.60. The molecule has 2 aliphatic heterocycles. The third kappa shape index (κ3) is 5.27. The molecule has 182 valence electrons. The zero-order valence-corrected chi connectivity index (χ0v) is 20.2. The van der Waals surface area contributed by atoms with Crippen LogP contribution in [0.15, 0.2) is 42.6 Å². The van der Waals surface area contributed by atoms with Crippen LogP contribution in [-0.2, 0) is 24.3 Å². The number of benzene rings is 1. The topological polar surface area (TPSA) is 97.5 Å². The van der Waals surface area contributed by atoms with Crippen LogP contribution in [0.2, 0.25) is 0 Å². The minimum Gasteiger partial charge on any atom is -0.463 e. The molecule has 5 rings (SSSR count). The number of hydrogen-bond acceptors (Lipinski definition) is 7. The van der Waals surface area contributed by atoms with Gasteiger partial charge in [0.2, 0.25) is 5.91 Å². The van der Waals surface area contributed by atoms with Crippen molar-refractivity contribution in [2.24, 2.45) is 0 Å². The number of rotatable bonds is 9. The van der Waals surface area contributed by atoms with Crippen molar-refractivity contribution in [1.82, 2.24) is 19.9 Å². The molecule has 4 heterocycles. The zero-order valence-electron chi connectivity index (χ0n) is 20.2. The Kier molecular flexibility index (Phi) is 6.90. The van der Waals surface area contributed by atoms with Gasteiger partial charge in [-0.05, 0) is 55.6 Å². The van der Waals surface area contributed by atoms with Crippen LogP contribution >= 0.6 is 0 Å². The van der Waals surface area contributed by atoms with Crippen molar-refractivity contribution < 1.29 is 9.53 Å². The van der Waals surface area contributed by atoms with E-state index in [1.165, 1.54) is 31.5 Å². The van der Waals surface area contributed by atoms with E-state index in [0.717, 1.165) is 36.2 Å². The van der Waals surface area contributed by atoms with Gasteiger partial charge in [0.25, 0.3) is 0 Å². The van der Waals surface area contributed by atoms with E-state index in [9.17, 15) is 4.79 Å². The SMILES string of the molecule is CCCCOc1nc(N)c2c(n1)N(Cc1ccc(-c3cccc(CN4CCCC4)c3)nc1)C(=O)C2. The smallest absolute Gasteiger partial charge is 0.320 e. The van der Waals surface area contributed by atoms with Crippen molar-refractivity contribution in [2.75, 3.05) is 30.3 Å². The minimum atomic E-state index is -0.0506. The van der Waals surface area contributed by atoms with Gasteiger partial charge in [-0.2, -0.15) is 9.97 Å².